The zero-order valence-electron chi connectivity index (χ0n) is 10.4. The van der Waals surface area contributed by atoms with Gasteiger partial charge in [-0.25, -0.2) is 4.39 Å². The Balaban J connectivity index is 2.24. The van der Waals surface area contributed by atoms with Crippen LogP contribution in [0.1, 0.15) is 24.4 Å². The number of halogens is 3. The van der Waals surface area contributed by atoms with E-state index in [0.717, 1.165) is 11.4 Å². The monoisotopic (exact) mass is 299 g/mol. The Bertz CT molecular complexity index is 581. The lowest BCUT2D eigenvalue weighted by Crippen LogP contribution is -2.11. The van der Waals surface area contributed by atoms with Crippen molar-refractivity contribution in [2.24, 2.45) is 0 Å². The average Bonchev–Trinajstić information content (AvgIpc) is 2.36. The molecule has 0 spiro atoms. The Morgan fingerprint density at radius 2 is 1.74 bits per heavy atom. The van der Waals surface area contributed by atoms with Crippen molar-refractivity contribution in [3.8, 4) is 0 Å². The van der Waals surface area contributed by atoms with Gasteiger partial charge >= 0.3 is 0 Å². The van der Waals surface area contributed by atoms with Crippen LogP contribution in [0.4, 0.5) is 10.1 Å². The molecule has 1 unspecified atom stereocenters. The predicted molar refractivity (Wildman–Crippen MR) is 75.2 cm³/mol. The fraction of sp³-hybridized carbons (Fsp3) is 0.231. The molecule has 0 bridgehead atoms. The molecule has 0 saturated heterocycles. The number of anilines is 1. The number of nitrogens with one attached hydrogen (secondary N) is 1. The number of aromatic nitrogens is 2. The van der Waals surface area contributed by atoms with Crippen molar-refractivity contribution >= 4 is 28.9 Å². The summed E-state index contributed by atoms with van der Waals surface area (Å²) < 4.78 is 13.3. The first kappa shape index (κ1) is 14.0. The predicted octanol–water partition coefficient (Wildman–Crippen LogP) is 4.40. The number of nitrogens with zero attached hydrogens (tertiary/aromatic N) is 2. The highest BCUT2D eigenvalue weighted by atomic mass is 35.5. The van der Waals surface area contributed by atoms with Gasteiger partial charge in [0, 0.05) is 18.1 Å². The van der Waals surface area contributed by atoms with E-state index in [1.54, 1.807) is 12.4 Å². The lowest BCUT2D eigenvalue weighted by Gasteiger charge is -2.16. The molecule has 2 aromatic rings. The number of benzene rings is 1. The van der Waals surface area contributed by atoms with Crippen LogP contribution in [0, 0.1) is 12.7 Å². The van der Waals surface area contributed by atoms with Gasteiger partial charge in [-0.3, -0.25) is 9.97 Å². The number of rotatable bonds is 3. The van der Waals surface area contributed by atoms with Crippen LogP contribution in [0.25, 0.3) is 0 Å². The highest BCUT2D eigenvalue weighted by Crippen LogP contribution is 2.29. The minimum absolute atomic E-state index is 0.0157. The fourth-order valence-corrected chi connectivity index (χ4v) is 2.29. The van der Waals surface area contributed by atoms with Gasteiger partial charge in [0.2, 0.25) is 0 Å². The third kappa shape index (κ3) is 3.14. The molecule has 0 aliphatic carbocycles. The molecule has 1 atom stereocenters. The molecule has 100 valence electrons. The van der Waals surface area contributed by atoms with Gasteiger partial charge in [-0.1, -0.05) is 23.2 Å². The third-order valence-electron chi connectivity index (χ3n) is 2.70. The maximum Gasteiger partial charge on any atom is 0.160 e. The second kappa shape index (κ2) is 5.72. The second-order valence-electron chi connectivity index (χ2n) is 4.15. The van der Waals surface area contributed by atoms with Gasteiger partial charge in [0.15, 0.2) is 5.82 Å². The second-order valence-corrected chi connectivity index (χ2v) is 4.96. The van der Waals surface area contributed by atoms with Gasteiger partial charge in [0.25, 0.3) is 0 Å². The molecule has 6 heteroatoms. The van der Waals surface area contributed by atoms with Crippen molar-refractivity contribution in [2.75, 3.05) is 5.32 Å². The van der Waals surface area contributed by atoms with Crippen molar-refractivity contribution in [1.82, 2.24) is 9.97 Å². The molecule has 1 aromatic heterocycles. The van der Waals surface area contributed by atoms with Gasteiger partial charge < -0.3 is 5.32 Å². The van der Waals surface area contributed by atoms with Crippen LogP contribution in [0.3, 0.4) is 0 Å². The number of aryl methyl sites for hydroxylation is 1. The first-order valence-electron chi connectivity index (χ1n) is 5.67. The van der Waals surface area contributed by atoms with Crippen molar-refractivity contribution < 1.29 is 4.39 Å². The molecule has 0 amide bonds. The van der Waals surface area contributed by atoms with E-state index in [2.05, 4.69) is 15.3 Å². The van der Waals surface area contributed by atoms with Crippen LogP contribution in [-0.2, 0) is 0 Å². The summed E-state index contributed by atoms with van der Waals surface area (Å²) in [7, 11) is 0. The van der Waals surface area contributed by atoms with Crippen LogP contribution < -0.4 is 5.32 Å². The van der Waals surface area contributed by atoms with Crippen molar-refractivity contribution in [3.63, 3.8) is 0 Å². The average molecular weight is 300 g/mol. The van der Waals surface area contributed by atoms with E-state index >= 15 is 0 Å². The fourth-order valence-electron chi connectivity index (χ4n) is 1.80. The Hall–Kier alpha value is -1.39. The van der Waals surface area contributed by atoms with Crippen LogP contribution >= 0.6 is 23.2 Å². The van der Waals surface area contributed by atoms with Gasteiger partial charge in [-0.2, -0.15) is 0 Å². The van der Waals surface area contributed by atoms with E-state index in [1.807, 2.05) is 13.8 Å². The Morgan fingerprint density at radius 1 is 1.16 bits per heavy atom. The molecule has 1 aromatic carbocycles. The number of hydrogen-bond acceptors (Lipinski definition) is 3. The van der Waals surface area contributed by atoms with Crippen LogP contribution in [0.15, 0.2) is 24.5 Å². The van der Waals surface area contributed by atoms with E-state index in [9.17, 15) is 4.39 Å². The third-order valence-corrected chi connectivity index (χ3v) is 3.25. The Morgan fingerprint density at radius 3 is 2.32 bits per heavy atom. The standard InChI is InChI=1S/C13H12Cl2FN3/c1-7-13(18-4-3-17-7)8(2)19-9-5-10(14)12(16)11(15)6-9/h3-6,8,19H,1-2H3. The molecule has 0 saturated carbocycles. The minimum atomic E-state index is -0.614. The summed E-state index contributed by atoms with van der Waals surface area (Å²) in [5.74, 6) is -0.614. The zero-order chi connectivity index (χ0) is 14.0. The molecule has 3 nitrogen and oxygen atoms in total. The highest BCUT2D eigenvalue weighted by molar-refractivity contribution is 6.35. The molecular weight excluding hydrogens is 288 g/mol. The molecule has 0 radical (unpaired) electrons. The maximum absolute atomic E-state index is 13.3. The maximum atomic E-state index is 13.3. The lowest BCUT2D eigenvalue weighted by molar-refractivity contribution is 0.628. The van der Waals surface area contributed by atoms with Crippen LogP contribution in [0.5, 0.6) is 0 Å². The summed E-state index contributed by atoms with van der Waals surface area (Å²) in [5.41, 5.74) is 2.29. The highest BCUT2D eigenvalue weighted by Gasteiger charge is 2.13. The van der Waals surface area contributed by atoms with Crippen LogP contribution in [-0.4, -0.2) is 9.97 Å². The Labute approximate surface area is 120 Å². The van der Waals surface area contributed by atoms with Gasteiger partial charge in [0.1, 0.15) is 0 Å². The first-order valence-corrected chi connectivity index (χ1v) is 6.43. The summed E-state index contributed by atoms with van der Waals surface area (Å²) in [6.07, 6.45) is 3.27. The van der Waals surface area contributed by atoms with Gasteiger partial charge in [0.05, 0.1) is 27.5 Å². The minimum Gasteiger partial charge on any atom is -0.377 e. The van der Waals surface area contributed by atoms with Gasteiger partial charge in [-0.05, 0) is 26.0 Å². The molecule has 0 fully saturated rings. The van der Waals surface area contributed by atoms with Crippen molar-refractivity contribution in [1.29, 1.82) is 0 Å². The Kier molecular flexibility index (Phi) is 4.22. The molecule has 2 rings (SSSR count). The molecule has 1 heterocycles. The quantitative estimate of drug-likeness (QED) is 0.853. The van der Waals surface area contributed by atoms with E-state index in [1.165, 1.54) is 12.1 Å². The van der Waals surface area contributed by atoms with E-state index in [-0.39, 0.29) is 16.1 Å². The van der Waals surface area contributed by atoms with Gasteiger partial charge in [-0.15, -0.1) is 0 Å². The number of hydrogen-bond donors (Lipinski definition) is 1. The molecule has 1 N–H and O–H groups in total. The summed E-state index contributed by atoms with van der Waals surface area (Å²) in [6, 6.07) is 2.89. The van der Waals surface area contributed by atoms with Crippen molar-refractivity contribution in [2.45, 2.75) is 19.9 Å². The first-order chi connectivity index (χ1) is 8.99. The smallest absolute Gasteiger partial charge is 0.160 e. The van der Waals surface area contributed by atoms with Crippen molar-refractivity contribution in [3.05, 3.63) is 51.8 Å². The SMILES string of the molecule is Cc1nccnc1C(C)Nc1cc(Cl)c(F)c(Cl)c1. The largest absolute Gasteiger partial charge is 0.377 e. The zero-order valence-corrected chi connectivity index (χ0v) is 11.9. The lowest BCUT2D eigenvalue weighted by atomic mass is 10.1. The topological polar surface area (TPSA) is 37.8 Å². The van der Waals surface area contributed by atoms with Crippen LogP contribution in [0.2, 0.25) is 10.0 Å². The summed E-state index contributed by atoms with van der Waals surface area (Å²) in [5, 5.41) is 3.14. The van der Waals surface area contributed by atoms with E-state index in [0.29, 0.717) is 5.69 Å². The summed E-state index contributed by atoms with van der Waals surface area (Å²) in [6.45, 7) is 3.81. The summed E-state index contributed by atoms with van der Waals surface area (Å²) in [4.78, 5) is 8.45. The molecule has 0 aliphatic heterocycles. The normalized spacial score (nSPS) is 12.3. The molecule has 0 aliphatic rings. The van der Waals surface area contributed by atoms with E-state index in [4.69, 9.17) is 23.2 Å². The van der Waals surface area contributed by atoms with E-state index < -0.39 is 5.82 Å². The molecular formula is C13H12Cl2FN3. The summed E-state index contributed by atoms with van der Waals surface area (Å²) >= 11 is 11.5. The molecule has 19 heavy (non-hydrogen) atoms.